The van der Waals surface area contributed by atoms with Crippen LogP contribution in [-0.4, -0.2) is 62.9 Å². The highest BCUT2D eigenvalue weighted by atomic mass is 16.5. The molecule has 0 aromatic heterocycles. The third kappa shape index (κ3) is 28.5. The summed E-state index contributed by atoms with van der Waals surface area (Å²) in [4.78, 5) is 33.2. The Bertz CT molecular complexity index is 516. The van der Waals surface area contributed by atoms with Crippen molar-refractivity contribution in [1.82, 2.24) is 10.6 Å². The second-order valence-corrected chi connectivity index (χ2v) is 9.24. The first-order chi connectivity index (χ1) is 17.1. The molecule has 0 aromatic carbocycles. The Kier molecular flexibility index (Phi) is 25.6. The summed E-state index contributed by atoms with van der Waals surface area (Å²) in [5, 5.41) is 13.9. The molecule has 0 aliphatic heterocycles. The van der Waals surface area contributed by atoms with E-state index < -0.39 is 5.97 Å². The summed E-state index contributed by atoms with van der Waals surface area (Å²) in [7, 11) is 1.57. The number of likely N-dealkylation sites (N-methyl/N-ethyl adjacent to an activating group) is 1. The van der Waals surface area contributed by atoms with Gasteiger partial charge in [0.05, 0.1) is 19.8 Å². The first-order valence-electron chi connectivity index (χ1n) is 13.9. The van der Waals surface area contributed by atoms with Gasteiger partial charge in [0.2, 0.25) is 11.8 Å². The maximum absolute atomic E-state index is 11.8. The molecular formula is C27H52N2O6. The molecule has 0 unspecified atom stereocenters. The predicted molar refractivity (Wildman–Crippen MR) is 139 cm³/mol. The molecule has 8 nitrogen and oxygen atoms in total. The molecule has 0 aliphatic rings. The van der Waals surface area contributed by atoms with E-state index in [1.54, 1.807) is 7.05 Å². The summed E-state index contributed by atoms with van der Waals surface area (Å²) in [6, 6.07) is 0. The van der Waals surface area contributed by atoms with Crippen LogP contribution in [-0.2, 0) is 23.9 Å². The van der Waals surface area contributed by atoms with Crippen molar-refractivity contribution in [2.45, 2.75) is 116 Å². The van der Waals surface area contributed by atoms with Gasteiger partial charge in [-0.05, 0) is 12.8 Å². The minimum Gasteiger partial charge on any atom is -0.481 e. The Morgan fingerprint density at radius 2 is 1.00 bits per heavy atom. The lowest BCUT2D eigenvalue weighted by Gasteiger charge is -2.07. The SMILES string of the molecule is CNC(=O)COCCOCCNC(=O)CCCCCCCCCCCCCCCCCCC(=O)O. The van der Waals surface area contributed by atoms with Crippen LogP contribution in [0.3, 0.4) is 0 Å². The van der Waals surface area contributed by atoms with Gasteiger partial charge in [-0.3, -0.25) is 14.4 Å². The van der Waals surface area contributed by atoms with E-state index in [1.807, 2.05) is 0 Å². The van der Waals surface area contributed by atoms with Gasteiger partial charge < -0.3 is 25.2 Å². The summed E-state index contributed by atoms with van der Waals surface area (Å²) >= 11 is 0. The molecule has 0 aliphatic carbocycles. The summed E-state index contributed by atoms with van der Waals surface area (Å²) in [5.74, 6) is -0.748. The molecule has 0 spiro atoms. The van der Waals surface area contributed by atoms with Crippen LogP contribution in [0.2, 0.25) is 0 Å². The van der Waals surface area contributed by atoms with Crippen LogP contribution >= 0.6 is 0 Å². The van der Waals surface area contributed by atoms with Gasteiger partial charge in [-0.1, -0.05) is 89.9 Å². The quantitative estimate of drug-likeness (QED) is 0.137. The van der Waals surface area contributed by atoms with E-state index in [9.17, 15) is 14.4 Å². The van der Waals surface area contributed by atoms with Crippen LogP contribution in [0.4, 0.5) is 0 Å². The Labute approximate surface area is 213 Å². The number of hydrogen-bond donors (Lipinski definition) is 3. The lowest BCUT2D eigenvalue weighted by molar-refractivity contribution is -0.137. The van der Waals surface area contributed by atoms with E-state index in [0.29, 0.717) is 39.2 Å². The van der Waals surface area contributed by atoms with Crippen LogP contribution in [0, 0.1) is 0 Å². The Morgan fingerprint density at radius 1 is 0.571 bits per heavy atom. The summed E-state index contributed by atoms with van der Waals surface area (Å²) in [6.07, 6.45) is 20.3. The maximum Gasteiger partial charge on any atom is 0.303 e. The van der Waals surface area contributed by atoms with Gasteiger partial charge >= 0.3 is 5.97 Å². The first kappa shape index (κ1) is 33.3. The topological polar surface area (TPSA) is 114 Å². The zero-order valence-corrected chi connectivity index (χ0v) is 22.3. The molecule has 35 heavy (non-hydrogen) atoms. The fourth-order valence-corrected chi connectivity index (χ4v) is 3.84. The van der Waals surface area contributed by atoms with Crippen LogP contribution in [0.25, 0.3) is 0 Å². The van der Waals surface area contributed by atoms with E-state index in [1.165, 1.54) is 77.0 Å². The molecule has 0 atom stereocenters. The molecule has 0 radical (unpaired) electrons. The maximum atomic E-state index is 11.8. The number of carboxylic acid groups (broad SMARTS) is 1. The molecule has 0 aromatic rings. The van der Waals surface area contributed by atoms with Crippen molar-refractivity contribution in [3.05, 3.63) is 0 Å². The van der Waals surface area contributed by atoms with E-state index in [2.05, 4.69) is 10.6 Å². The largest absolute Gasteiger partial charge is 0.481 e. The second kappa shape index (κ2) is 26.9. The summed E-state index contributed by atoms with van der Waals surface area (Å²) in [6.45, 7) is 1.76. The fourth-order valence-electron chi connectivity index (χ4n) is 3.84. The van der Waals surface area contributed by atoms with Crippen molar-refractivity contribution in [2.75, 3.05) is 40.0 Å². The Balaban J connectivity index is 3.17. The molecule has 0 fully saturated rings. The number of hydrogen-bond acceptors (Lipinski definition) is 5. The van der Waals surface area contributed by atoms with Crippen LogP contribution in [0.1, 0.15) is 116 Å². The molecule has 0 saturated carbocycles. The van der Waals surface area contributed by atoms with Crippen LogP contribution < -0.4 is 10.6 Å². The van der Waals surface area contributed by atoms with Gasteiger partial charge in [-0.2, -0.15) is 0 Å². The molecule has 2 amide bonds. The van der Waals surface area contributed by atoms with Crippen molar-refractivity contribution < 1.29 is 29.0 Å². The number of carboxylic acids is 1. The Hall–Kier alpha value is -1.67. The Morgan fingerprint density at radius 3 is 1.46 bits per heavy atom. The van der Waals surface area contributed by atoms with Gasteiger partial charge in [0.15, 0.2) is 0 Å². The van der Waals surface area contributed by atoms with E-state index in [-0.39, 0.29) is 18.4 Å². The highest BCUT2D eigenvalue weighted by molar-refractivity contribution is 5.76. The molecule has 0 bridgehead atoms. The van der Waals surface area contributed by atoms with Gasteiger partial charge in [0.1, 0.15) is 6.61 Å². The third-order valence-corrected chi connectivity index (χ3v) is 6.00. The first-order valence-corrected chi connectivity index (χ1v) is 13.9. The van der Waals surface area contributed by atoms with Crippen LogP contribution in [0.15, 0.2) is 0 Å². The van der Waals surface area contributed by atoms with Crippen molar-refractivity contribution in [3.63, 3.8) is 0 Å². The van der Waals surface area contributed by atoms with E-state index in [4.69, 9.17) is 14.6 Å². The van der Waals surface area contributed by atoms with Crippen molar-refractivity contribution in [2.24, 2.45) is 0 Å². The van der Waals surface area contributed by atoms with Crippen molar-refractivity contribution in [1.29, 1.82) is 0 Å². The van der Waals surface area contributed by atoms with Crippen molar-refractivity contribution >= 4 is 17.8 Å². The van der Waals surface area contributed by atoms with Gasteiger partial charge in [-0.15, -0.1) is 0 Å². The smallest absolute Gasteiger partial charge is 0.303 e. The highest BCUT2D eigenvalue weighted by Gasteiger charge is 2.01. The zero-order valence-electron chi connectivity index (χ0n) is 22.3. The monoisotopic (exact) mass is 500 g/mol. The number of aliphatic carboxylic acids is 1. The molecule has 206 valence electrons. The molecule has 8 heteroatoms. The normalized spacial score (nSPS) is 10.9. The number of amides is 2. The second-order valence-electron chi connectivity index (χ2n) is 9.24. The number of carbonyl (C=O) groups excluding carboxylic acids is 2. The van der Waals surface area contributed by atoms with Crippen molar-refractivity contribution in [3.8, 4) is 0 Å². The average Bonchev–Trinajstić information content (AvgIpc) is 2.84. The standard InChI is InChI=1S/C27H52N2O6/c1-28-26(31)24-35-23-22-34-21-20-29-25(30)18-16-14-12-10-8-6-4-2-3-5-7-9-11-13-15-17-19-27(32)33/h2-24H2,1H3,(H,28,31)(H,29,30)(H,32,33). The molecule has 0 heterocycles. The molecular weight excluding hydrogens is 448 g/mol. The minimum atomic E-state index is -0.677. The summed E-state index contributed by atoms with van der Waals surface area (Å²) < 4.78 is 10.5. The number of ether oxygens (including phenoxy) is 2. The van der Waals surface area contributed by atoms with Gasteiger partial charge in [-0.25, -0.2) is 0 Å². The lowest BCUT2D eigenvalue weighted by Crippen LogP contribution is -2.27. The van der Waals surface area contributed by atoms with E-state index >= 15 is 0 Å². The number of rotatable bonds is 27. The fraction of sp³-hybridized carbons (Fsp3) is 0.889. The number of carbonyl (C=O) groups is 3. The van der Waals surface area contributed by atoms with Crippen LogP contribution in [0.5, 0.6) is 0 Å². The third-order valence-electron chi connectivity index (χ3n) is 6.00. The average molecular weight is 501 g/mol. The van der Waals surface area contributed by atoms with Gasteiger partial charge in [0.25, 0.3) is 0 Å². The molecule has 3 N–H and O–H groups in total. The van der Waals surface area contributed by atoms with Gasteiger partial charge in [0, 0.05) is 26.4 Å². The molecule has 0 saturated heterocycles. The lowest BCUT2D eigenvalue weighted by atomic mass is 10.0. The predicted octanol–water partition coefficient (Wildman–Crippen LogP) is 4.99. The van der Waals surface area contributed by atoms with E-state index in [0.717, 1.165) is 25.7 Å². The number of unbranched alkanes of at least 4 members (excludes halogenated alkanes) is 15. The number of nitrogens with one attached hydrogen (secondary N) is 2. The summed E-state index contributed by atoms with van der Waals surface area (Å²) in [5.41, 5.74) is 0. The minimum absolute atomic E-state index is 0.0401. The highest BCUT2D eigenvalue weighted by Crippen LogP contribution is 2.14. The molecule has 0 rings (SSSR count). The zero-order chi connectivity index (χ0) is 25.8.